The van der Waals surface area contributed by atoms with Crippen molar-refractivity contribution in [3.05, 3.63) is 24.0 Å². The number of hydrogen-bond donors (Lipinski definition) is 1. The van der Waals surface area contributed by atoms with Crippen molar-refractivity contribution < 1.29 is 9.90 Å². The lowest BCUT2D eigenvalue weighted by molar-refractivity contribution is -0.128. The minimum absolute atomic E-state index is 0.0204. The van der Waals surface area contributed by atoms with Gasteiger partial charge in [0, 0.05) is 44.5 Å². The van der Waals surface area contributed by atoms with Gasteiger partial charge in [-0.15, -0.1) is 0 Å². The molecule has 0 aliphatic carbocycles. The van der Waals surface area contributed by atoms with Crippen LogP contribution in [0.25, 0.3) is 0 Å². The van der Waals surface area contributed by atoms with E-state index in [1.165, 1.54) is 6.42 Å². The first-order chi connectivity index (χ1) is 10.3. The van der Waals surface area contributed by atoms with E-state index in [-0.39, 0.29) is 6.61 Å². The van der Waals surface area contributed by atoms with E-state index in [0.717, 1.165) is 51.1 Å². The molecular formula is C16H23N3O2. The minimum atomic E-state index is -0.0204. The fraction of sp³-hybridized carbons (Fsp3) is 0.625. The number of aliphatic hydroxyl groups is 1. The van der Waals surface area contributed by atoms with Crippen molar-refractivity contribution in [3.63, 3.8) is 0 Å². The van der Waals surface area contributed by atoms with E-state index in [1.54, 1.807) is 6.20 Å². The van der Waals surface area contributed by atoms with Crippen LogP contribution in [0.4, 0.5) is 5.69 Å². The maximum Gasteiger partial charge on any atom is 0.222 e. The summed E-state index contributed by atoms with van der Waals surface area (Å²) in [6.45, 7) is 3.83. The van der Waals surface area contributed by atoms with E-state index in [9.17, 15) is 9.90 Å². The first kappa shape index (κ1) is 14.3. The second kappa shape index (κ2) is 6.43. The van der Waals surface area contributed by atoms with E-state index >= 15 is 0 Å². The Labute approximate surface area is 125 Å². The summed E-state index contributed by atoms with van der Waals surface area (Å²) in [6, 6.07) is 3.96. The van der Waals surface area contributed by atoms with Crippen LogP contribution in [0.5, 0.6) is 0 Å². The van der Waals surface area contributed by atoms with Crippen LogP contribution in [0.15, 0.2) is 18.3 Å². The van der Waals surface area contributed by atoms with Crippen molar-refractivity contribution in [1.82, 2.24) is 9.88 Å². The zero-order valence-corrected chi connectivity index (χ0v) is 12.4. The number of amides is 1. The molecule has 0 radical (unpaired) electrons. The second-order valence-corrected chi connectivity index (χ2v) is 6.06. The first-order valence-electron chi connectivity index (χ1n) is 7.85. The number of rotatable bonds is 4. The van der Waals surface area contributed by atoms with Crippen LogP contribution in [-0.4, -0.2) is 47.1 Å². The summed E-state index contributed by atoms with van der Waals surface area (Å²) in [5.41, 5.74) is 1.84. The number of likely N-dealkylation sites (tertiary alicyclic amines) is 1. The number of carbonyl (C=O) groups excluding carboxylic acids is 1. The largest absolute Gasteiger partial charge is 0.390 e. The summed E-state index contributed by atoms with van der Waals surface area (Å²) in [4.78, 5) is 20.3. The SMILES string of the molecule is O=C1CCCN1C[C@H]1CCCN(c2ccnc(CO)c2)C1. The van der Waals surface area contributed by atoms with Gasteiger partial charge in [0.15, 0.2) is 0 Å². The van der Waals surface area contributed by atoms with Gasteiger partial charge in [-0.25, -0.2) is 0 Å². The third kappa shape index (κ3) is 3.35. The highest BCUT2D eigenvalue weighted by molar-refractivity contribution is 5.78. The van der Waals surface area contributed by atoms with Gasteiger partial charge in [-0.2, -0.15) is 0 Å². The smallest absolute Gasteiger partial charge is 0.222 e. The Morgan fingerprint density at radius 1 is 1.33 bits per heavy atom. The highest BCUT2D eigenvalue weighted by atomic mass is 16.3. The minimum Gasteiger partial charge on any atom is -0.390 e. The molecule has 2 aliphatic rings. The van der Waals surface area contributed by atoms with Crippen molar-refractivity contribution in [2.45, 2.75) is 32.3 Å². The van der Waals surface area contributed by atoms with Crippen LogP contribution in [0.2, 0.25) is 0 Å². The fourth-order valence-corrected chi connectivity index (χ4v) is 3.41. The molecule has 0 aromatic carbocycles. The average molecular weight is 289 g/mol. The number of piperidine rings is 1. The zero-order chi connectivity index (χ0) is 14.7. The molecule has 1 amide bonds. The van der Waals surface area contributed by atoms with Crippen LogP contribution in [0, 0.1) is 5.92 Å². The molecule has 1 atom stereocenters. The number of hydrogen-bond acceptors (Lipinski definition) is 4. The fourth-order valence-electron chi connectivity index (χ4n) is 3.41. The number of anilines is 1. The van der Waals surface area contributed by atoms with E-state index < -0.39 is 0 Å². The molecule has 0 bridgehead atoms. The Morgan fingerprint density at radius 2 is 2.24 bits per heavy atom. The highest BCUT2D eigenvalue weighted by Gasteiger charge is 2.26. The topological polar surface area (TPSA) is 56.7 Å². The molecule has 0 spiro atoms. The monoisotopic (exact) mass is 289 g/mol. The van der Waals surface area contributed by atoms with E-state index in [1.807, 2.05) is 17.0 Å². The van der Waals surface area contributed by atoms with Crippen LogP contribution < -0.4 is 4.90 Å². The van der Waals surface area contributed by atoms with Gasteiger partial charge in [0.05, 0.1) is 12.3 Å². The van der Waals surface area contributed by atoms with Gasteiger partial charge in [-0.1, -0.05) is 0 Å². The lowest BCUT2D eigenvalue weighted by Crippen LogP contribution is -2.41. The number of nitrogens with zero attached hydrogens (tertiary/aromatic N) is 3. The Bertz CT molecular complexity index is 506. The van der Waals surface area contributed by atoms with Gasteiger partial charge >= 0.3 is 0 Å². The highest BCUT2D eigenvalue weighted by Crippen LogP contribution is 2.25. The number of carbonyl (C=O) groups is 1. The van der Waals surface area contributed by atoms with Crippen LogP contribution in [-0.2, 0) is 11.4 Å². The summed E-state index contributed by atoms with van der Waals surface area (Å²) in [7, 11) is 0. The van der Waals surface area contributed by atoms with Crippen molar-refractivity contribution in [3.8, 4) is 0 Å². The maximum absolute atomic E-state index is 11.8. The Morgan fingerprint density at radius 3 is 3.00 bits per heavy atom. The van der Waals surface area contributed by atoms with Crippen molar-refractivity contribution in [1.29, 1.82) is 0 Å². The predicted octanol–water partition coefficient (Wildman–Crippen LogP) is 1.41. The third-order valence-corrected chi connectivity index (χ3v) is 4.50. The molecule has 3 heterocycles. The van der Waals surface area contributed by atoms with Crippen LogP contribution >= 0.6 is 0 Å². The molecule has 3 rings (SSSR count). The Balaban J connectivity index is 1.63. The van der Waals surface area contributed by atoms with Gasteiger partial charge in [-0.3, -0.25) is 9.78 Å². The molecule has 1 N–H and O–H groups in total. The predicted molar refractivity (Wildman–Crippen MR) is 80.9 cm³/mol. The lowest BCUT2D eigenvalue weighted by Gasteiger charge is -2.36. The van der Waals surface area contributed by atoms with Crippen LogP contribution in [0.1, 0.15) is 31.4 Å². The van der Waals surface area contributed by atoms with Crippen molar-refractivity contribution in [2.75, 3.05) is 31.1 Å². The molecule has 21 heavy (non-hydrogen) atoms. The zero-order valence-electron chi connectivity index (χ0n) is 12.4. The molecule has 1 aromatic rings. The van der Waals surface area contributed by atoms with E-state index in [4.69, 9.17) is 0 Å². The van der Waals surface area contributed by atoms with Crippen molar-refractivity contribution in [2.24, 2.45) is 5.92 Å². The molecule has 114 valence electrons. The maximum atomic E-state index is 11.8. The van der Waals surface area contributed by atoms with Gasteiger partial charge < -0.3 is 14.9 Å². The first-order valence-corrected chi connectivity index (χ1v) is 7.85. The molecule has 0 saturated carbocycles. The second-order valence-electron chi connectivity index (χ2n) is 6.06. The summed E-state index contributed by atoms with van der Waals surface area (Å²) < 4.78 is 0. The van der Waals surface area contributed by atoms with E-state index in [0.29, 0.717) is 17.5 Å². The summed E-state index contributed by atoms with van der Waals surface area (Å²) in [6.07, 6.45) is 5.84. The molecule has 0 unspecified atom stereocenters. The molecule has 1 aromatic heterocycles. The molecule has 2 aliphatic heterocycles. The van der Waals surface area contributed by atoms with Crippen molar-refractivity contribution >= 4 is 11.6 Å². The van der Waals surface area contributed by atoms with Gasteiger partial charge in [0.1, 0.15) is 0 Å². The quantitative estimate of drug-likeness (QED) is 0.910. The lowest BCUT2D eigenvalue weighted by atomic mass is 9.97. The molecular weight excluding hydrogens is 266 g/mol. The molecule has 2 fully saturated rings. The molecule has 2 saturated heterocycles. The summed E-state index contributed by atoms with van der Waals surface area (Å²) in [5, 5.41) is 9.21. The standard InChI is InChI=1S/C16H23N3O2/c20-12-14-9-15(5-6-17-14)18-7-1-3-13(10-18)11-19-8-2-4-16(19)21/h5-6,9,13,20H,1-4,7-8,10-12H2/t13-/m0/s1. The number of aliphatic hydroxyl groups excluding tert-OH is 1. The Kier molecular flexibility index (Phi) is 4.39. The molecule has 5 heteroatoms. The van der Waals surface area contributed by atoms with Gasteiger partial charge in [-0.05, 0) is 37.3 Å². The molecule has 5 nitrogen and oxygen atoms in total. The van der Waals surface area contributed by atoms with Gasteiger partial charge in [0.2, 0.25) is 5.91 Å². The number of aromatic nitrogens is 1. The Hall–Kier alpha value is -1.62. The average Bonchev–Trinajstić information content (AvgIpc) is 2.93. The normalized spacial score (nSPS) is 22.9. The number of pyridine rings is 1. The van der Waals surface area contributed by atoms with Gasteiger partial charge in [0.25, 0.3) is 0 Å². The summed E-state index contributed by atoms with van der Waals surface area (Å²) in [5.74, 6) is 0.866. The summed E-state index contributed by atoms with van der Waals surface area (Å²) >= 11 is 0. The van der Waals surface area contributed by atoms with E-state index in [2.05, 4.69) is 9.88 Å². The van der Waals surface area contributed by atoms with Crippen LogP contribution in [0.3, 0.4) is 0 Å². The third-order valence-electron chi connectivity index (χ3n) is 4.50.